The molecule has 146 valence electrons. The number of esters is 1. The van der Waals surface area contributed by atoms with Gasteiger partial charge in [-0.2, -0.15) is 0 Å². The molecular weight excluding hydrogens is 383 g/mol. The summed E-state index contributed by atoms with van der Waals surface area (Å²) in [4.78, 5) is 38.1. The summed E-state index contributed by atoms with van der Waals surface area (Å²) in [6.07, 6.45) is -1.10. The highest BCUT2D eigenvalue weighted by atomic mass is 32.2. The number of rotatable bonds is 6. The second kappa shape index (κ2) is 8.88. The van der Waals surface area contributed by atoms with Crippen molar-refractivity contribution >= 4 is 29.7 Å². The first-order valence-corrected chi connectivity index (χ1v) is 9.71. The van der Waals surface area contributed by atoms with Crippen molar-refractivity contribution in [2.75, 3.05) is 13.1 Å². The van der Waals surface area contributed by atoms with Gasteiger partial charge in [0.2, 0.25) is 0 Å². The highest BCUT2D eigenvalue weighted by Gasteiger charge is 2.32. The number of nitrogens with one attached hydrogen (secondary N) is 1. The molecule has 1 heterocycles. The van der Waals surface area contributed by atoms with Crippen LogP contribution in [0, 0.1) is 5.82 Å². The standard InChI is InChI=1S/C20H19FN2O4S/c1-13(18(24)23-11-10-22-20(23)26)27-19(25)15-7-3-5-9-17(15)28-12-14-6-2-4-8-16(14)21/h2-9,13H,10-12H2,1H3,(H,22,26)/t13-/m1/s1. The van der Waals surface area contributed by atoms with Crippen LogP contribution < -0.4 is 5.32 Å². The molecule has 0 radical (unpaired) electrons. The van der Waals surface area contributed by atoms with Crippen LogP contribution in [0.5, 0.6) is 0 Å². The second-order valence-electron chi connectivity index (χ2n) is 6.15. The lowest BCUT2D eigenvalue weighted by atomic mass is 10.2. The fourth-order valence-electron chi connectivity index (χ4n) is 2.71. The summed E-state index contributed by atoms with van der Waals surface area (Å²) >= 11 is 1.30. The van der Waals surface area contributed by atoms with Crippen LogP contribution in [0.4, 0.5) is 9.18 Å². The van der Waals surface area contributed by atoms with Crippen LogP contribution >= 0.6 is 11.8 Å². The van der Waals surface area contributed by atoms with Crippen molar-refractivity contribution in [2.24, 2.45) is 0 Å². The van der Waals surface area contributed by atoms with Crippen molar-refractivity contribution in [2.45, 2.75) is 23.7 Å². The number of imide groups is 1. The Bertz CT molecular complexity index is 905. The van der Waals surface area contributed by atoms with Gasteiger partial charge in [-0.05, 0) is 30.7 Å². The van der Waals surface area contributed by atoms with Crippen LogP contribution in [0.15, 0.2) is 53.4 Å². The Hall–Kier alpha value is -2.87. The van der Waals surface area contributed by atoms with Crippen LogP contribution in [0.1, 0.15) is 22.8 Å². The van der Waals surface area contributed by atoms with E-state index in [9.17, 15) is 18.8 Å². The molecule has 28 heavy (non-hydrogen) atoms. The van der Waals surface area contributed by atoms with Crippen molar-refractivity contribution in [3.63, 3.8) is 0 Å². The van der Waals surface area contributed by atoms with Crippen LogP contribution in [0.25, 0.3) is 0 Å². The quantitative estimate of drug-likeness (QED) is 0.593. The molecule has 0 aliphatic carbocycles. The third-order valence-electron chi connectivity index (χ3n) is 4.20. The van der Waals surface area contributed by atoms with Crippen molar-refractivity contribution in [1.29, 1.82) is 0 Å². The fourth-order valence-corrected chi connectivity index (χ4v) is 3.73. The molecule has 0 aromatic heterocycles. The van der Waals surface area contributed by atoms with E-state index in [2.05, 4.69) is 5.32 Å². The van der Waals surface area contributed by atoms with Crippen molar-refractivity contribution in [3.8, 4) is 0 Å². The lowest BCUT2D eigenvalue weighted by Gasteiger charge is -2.18. The smallest absolute Gasteiger partial charge is 0.340 e. The van der Waals surface area contributed by atoms with E-state index in [1.807, 2.05) is 0 Å². The van der Waals surface area contributed by atoms with E-state index in [1.165, 1.54) is 24.8 Å². The Morgan fingerprint density at radius 2 is 1.93 bits per heavy atom. The Balaban J connectivity index is 1.67. The maximum atomic E-state index is 13.8. The van der Waals surface area contributed by atoms with Crippen LogP contribution in [0.2, 0.25) is 0 Å². The molecule has 1 aliphatic rings. The Labute approximate surface area is 166 Å². The third-order valence-corrected chi connectivity index (χ3v) is 5.32. The number of halogens is 1. The number of carbonyl (C=O) groups excluding carboxylic acids is 3. The molecule has 6 nitrogen and oxygen atoms in total. The van der Waals surface area contributed by atoms with E-state index >= 15 is 0 Å². The van der Waals surface area contributed by atoms with E-state index in [0.29, 0.717) is 22.8 Å². The Morgan fingerprint density at radius 1 is 1.21 bits per heavy atom. The van der Waals surface area contributed by atoms with Gasteiger partial charge in [-0.1, -0.05) is 30.3 Å². The molecular formula is C20H19FN2O4S. The van der Waals surface area contributed by atoms with Gasteiger partial charge in [-0.25, -0.2) is 14.0 Å². The highest BCUT2D eigenvalue weighted by Crippen LogP contribution is 2.28. The fraction of sp³-hybridized carbons (Fsp3) is 0.250. The minimum atomic E-state index is -1.10. The summed E-state index contributed by atoms with van der Waals surface area (Å²) in [5.41, 5.74) is 0.814. The molecule has 0 bridgehead atoms. The molecule has 0 unspecified atom stereocenters. The summed E-state index contributed by atoms with van der Waals surface area (Å²) in [5.74, 6) is -1.20. The molecule has 1 atom stereocenters. The third kappa shape index (κ3) is 4.51. The van der Waals surface area contributed by atoms with Gasteiger partial charge in [0.1, 0.15) is 5.82 Å². The molecule has 3 amide bonds. The monoisotopic (exact) mass is 402 g/mol. The van der Waals surface area contributed by atoms with Gasteiger partial charge >= 0.3 is 12.0 Å². The molecule has 2 aromatic carbocycles. The minimum Gasteiger partial charge on any atom is -0.449 e. The second-order valence-corrected chi connectivity index (χ2v) is 7.16. The molecule has 3 rings (SSSR count). The number of ether oxygens (including phenoxy) is 1. The van der Waals surface area contributed by atoms with Crippen LogP contribution in [0.3, 0.4) is 0 Å². The van der Waals surface area contributed by atoms with E-state index in [1.54, 1.807) is 42.5 Å². The van der Waals surface area contributed by atoms with Crippen molar-refractivity contribution < 1.29 is 23.5 Å². The SMILES string of the molecule is C[C@@H](OC(=O)c1ccccc1SCc1ccccc1F)C(=O)N1CCNC1=O. The first-order chi connectivity index (χ1) is 13.5. The van der Waals surface area contributed by atoms with Gasteiger partial charge in [0.25, 0.3) is 5.91 Å². The number of hydrogen-bond acceptors (Lipinski definition) is 5. The zero-order valence-electron chi connectivity index (χ0n) is 15.2. The molecule has 0 spiro atoms. The Kier molecular flexibility index (Phi) is 6.30. The van der Waals surface area contributed by atoms with Crippen LogP contribution in [-0.4, -0.2) is 42.0 Å². The van der Waals surface area contributed by atoms with Gasteiger partial charge in [0, 0.05) is 23.7 Å². The van der Waals surface area contributed by atoms with E-state index in [4.69, 9.17) is 4.74 Å². The number of benzene rings is 2. The summed E-state index contributed by atoms with van der Waals surface area (Å²) in [5, 5.41) is 2.53. The van der Waals surface area contributed by atoms with Gasteiger partial charge < -0.3 is 10.1 Å². The molecule has 1 saturated heterocycles. The summed E-state index contributed by atoms with van der Waals surface area (Å²) < 4.78 is 19.1. The Morgan fingerprint density at radius 3 is 2.64 bits per heavy atom. The molecule has 0 saturated carbocycles. The van der Waals surface area contributed by atoms with E-state index in [-0.39, 0.29) is 17.9 Å². The minimum absolute atomic E-state index is 0.245. The average molecular weight is 402 g/mol. The molecule has 2 aromatic rings. The normalized spacial score (nSPS) is 14.5. The summed E-state index contributed by atoms with van der Waals surface area (Å²) in [6, 6.07) is 12.7. The lowest BCUT2D eigenvalue weighted by molar-refractivity contribution is -0.136. The van der Waals surface area contributed by atoms with Gasteiger partial charge in [0.15, 0.2) is 6.10 Å². The predicted molar refractivity (Wildman–Crippen MR) is 102 cm³/mol. The number of thioether (sulfide) groups is 1. The lowest BCUT2D eigenvalue weighted by Crippen LogP contribution is -2.41. The van der Waals surface area contributed by atoms with Crippen molar-refractivity contribution in [3.05, 3.63) is 65.5 Å². The van der Waals surface area contributed by atoms with Crippen molar-refractivity contribution in [1.82, 2.24) is 10.2 Å². The van der Waals surface area contributed by atoms with E-state index < -0.39 is 24.0 Å². The molecule has 8 heteroatoms. The average Bonchev–Trinajstić information content (AvgIpc) is 3.12. The summed E-state index contributed by atoms with van der Waals surface area (Å²) in [7, 11) is 0. The largest absolute Gasteiger partial charge is 0.449 e. The van der Waals surface area contributed by atoms with Crippen LogP contribution in [-0.2, 0) is 15.3 Å². The van der Waals surface area contributed by atoms with Gasteiger partial charge in [-0.15, -0.1) is 11.8 Å². The molecule has 1 aliphatic heterocycles. The zero-order chi connectivity index (χ0) is 20.1. The number of amides is 3. The first kappa shape index (κ1) is 19.9. The first-order valence-electron chi connectivity index (χ1n) is 8.73. The van der Waals surface area contributed by atoms with Gasteiger partial charge in [0.05, 0.1) is 5.56 Å². The number of hydrogen-bond donors (Lipinski definition) is 1. The molecule has 1 fully saturated rings. The highest BCUT2D eigenvalue weighted by molar-refractivity contribution is 7.98. The zero-order valence-corrected chi connectivity index (χ0v) is 16.0. The maximum absolute atomic E-state index is 13.8. The number of urea groups is 1. The predicted octanol–water partition coefficient (Wildman–Crippen LogP) is 3.22. The van der Waals surface area contributed by atoms with E-state index in [0.717, 1.165) is 4.90 Å². The van der Waals surface area contributed by atoms with Gasteiger partial charge in [-0.3, -0.25) is 9.69 Å². The number of nitrogens with zero attached hydrogens (tertiary/aromatic N) is 1. The molecule has 1 N–H and O–H groups in total. The summed E-state index contributed by atoms with van der Waals surface area (Å²) in [6.45, 7) is 2.05. The maximum Gasteiger partial charge on any atom is 0.340 e. The number of carbonyl (C=O) groups is 3. The topological polar surface area (TPSA) is 75.7 Å².